The summed E-state index contributed by atoms with van der Waals surface area (Å²) < 4.78 is 1.85. The van der Waals surface area contributed by atoms with Crippen LogP contribution in [0.25, 0.3) is 11.3 Å². The van der Waals surface area contributed by atoms with Gasteiger partial charge in [0.15, 0.2) is 0 Å². The molecule has 0 saturated carbocycles. The molecule has 0 aliphatic rings. The fraction of sp³-hybridized carbons (Fsp3) is 0.125. The minimum atomic E-state index is 0.354. The molecule has 0 fully saturated rings. The fourth-order valence-electron chi connectivity index (χ4n) is 2.30. The Labute approximate surface area is 128 Å². The summed E-state index contributed by atoms with van der Waals surface area (Å²) in [6.07, 6.45) is 0. The summed E-state index contributed by atoms with van der Waals surface area (Å²) >= 11 is 6.23. The lowest BCUT2D eigenvalue weighted by Crippen LogP contribution is -2.06. The van der Waals surface area contributed by atoms with Crippen molar-refractivity contribution in [3.8, 4) is 11.3 Å². The Bertz CT molecular complexity index is 737. The first-order valence-electron chi connectivity index (χ1n) is 6.71. The van der Waals surface area contributed by atoms with Crippen LogP contribution >= 0.6 is 11.6 Å². The highest BCUT2D eigenvalue weighted by molar-refractivity contribution is 6.31. The highest BCUT2D eigenvalue weighted by Crippen LogP contribution is 2.24. The molecule has 0 saturated heterocycles. The summed E-state index contributed by atoms with van der Waals surface area (Å²) in [6.45, 7) is 0.920. The summed E-state index contributed by atoms with van der Waals surface area (Å²) in [6, 6.07) is 17.8. The molecule has 3 rings (SSSR count). The van der Waals surface area contributed by atoms with E-state index >= 15 is 0 Å². The second-order valence-electron chi connectivity index (χ2n) is 4.70. The lowest BCUT2D eigenvalue weighted by molar-refractivity contribution is 0.655. The van der Waals surface area contributed by atoms with Gasteiger partial charge in [-0.1, -0.05) is 65.3 Å². The van der Waals surface area contributed by atoms with Crippen LogP contribution in [0, 0.1) is 0 Å². The van der Waals surface area contributed by atoms with E-state index in [4.69, 9.17) is 17.3 Å². The van der Waals surface area contributed by atoms with Gasteiger partial charge in [0.25, 0.3) is 0 Å². The molecule has 1 heterocycles. The molecule has 21 heavy (non-hydrogen) atoms. The monoisotopic (exact) mass is 298 g/mol. The maximum Gasteiger partial charge on any atom is 0.104 e. The van der Waals surface area contributed by atoms with E-state index in [0.29, 0.717) is 13.1 Å². The Morgan fingerprint density at radius 3 is 2.43 bits per heavy atom. The number of hydrogen-bond acceptors (Lipinski definition) is 3. The van der Waals surface area contributed by atoms with E-state index in [0.717, 1.165) is 27.5 Å². The van der Waals surface area contributed by atoms with E-state index < -0.39 is 0 Å². The Morgan fingerprint density at radius 2 is 1.71 bits per heavy atom. The highest BCUT2D eigenvalue weighted by atomic mass is 35.5. The van der Waals surface area contributed by atoms with Gasteiger partial charge < -0.3 is 5.73 Å². The van der Waals surface area contributed by atoms with Crippen molar-refractivity contribution in [1.82, 2.24) is 15.0 Å². The lowest BCUT2D eigenvalue weighted by Gasteiger charge is -2.09. The fourth-order valence-corrected chi connectivity index (χ4v) is 2.49. The molecule has 2 aromatic carbocycles. The Kier molecular flexibility index (Phi) is 3.99. The van der Waals surface area contributed by atoms with Crippen LogP contribution in [0.2, 0.25) is 5.02 Å². The topological polar surface area (TPSA) is 56.7 Å². The molecule has 3 aromatic rings. The number of aromatic nitrogens is 3. The van der Waals surface area contributed by atoms with Crippen molar-refractivity contribution in [3.05, 3.63) is 70.9 Å². The van der Waals surface area contributed by atoms with Crippen molar-refractivity contribution < 1.29 is 0 Å². The zero-order valence-corrected chi connectivity index (χ0v) is 12.2. The van der Waals surface area contributed by atoms with Crippen molar-refractivity contribution >= 4 is 11.6 Å². The Hall–Kier alpha value is -2.17. The number of halogens is 1. The van der Waals surface area contributed by atoms with Crippen LogP contribution in [0.3, 0.4) is 0 Å². The first-order chi connectivity index (χ1) is 10.3. The van der Waals surface area contributed by atoms with Crippen LogP contribution in [-0.2, 0) is 13.1 Å². The van der Waals surface area contributed by atoms with E-state index in [1.54, 1.807) is 0 Å². The standard InChI is InChI=1S/C16H15ClN4/c17-14-9-5-4-8-13(14)11-21-16(15(10-18)19-20-21)12-6-2-1-3-7-12/h1-9H,10-11,18H2. The van der Waals surface area contributed by atoms with Gasteiger partial charge in [-0.05, 0) is 11.6 Å². The van der Waals surface area contributed by atoms with E-state index in [1.165, 1.54) is 0 Å². The van der Waals surface area contributed by atoms with Crippen LogP contribution in [0.5, 0.6) is 0 Å². The molecule has 4 nitrogen and oxygen atoms in total. The van der Waals surface area contributed by atoms with Gasteiger partial charge in [0, 0.05) is 17.1 Å². The number of rotatable bonds is 4. The van der Waals surface area contributed by atoms with E-state index in [9.17, 15) is 0 Å². The average Bonchev–Trinajstić information content (AvgIpc) is 2.93. The van der Waals surface area contributed by atoms with E-state index in [-0.39, 0.29) is 0 Å². The summed E-state index contributed by atoms with van der Waals surface area (Å²) in [5.41, 5.74) is 9.57. The third-order valence-corrected chi connectivity index (χ3v) is 3.69. The first kappa shape index (κ1) is 13.8. The van der Waals surface area contributed by atoms with Crippen molar-refractivity contribution in [1.29, 1.82) is 0 Å². The van der Waals surface area contributed by atoms with Crippen molar-refractivity contribution in [3.63, 3.8) is 0 Å². The van der Waals surface area contributed by atoms with Gasteiger partial charge >= 0.3 is 0 Å². The van der Waals surface area contributed by atoms with Crippen molar-refractivity contribution in [2.75, 3.05) is 0 Å². The Balaban J connectivity index is 2.04. The normalized spacial score (nSPS) is 10.8. The number of nitrogens with two attached hydrogens (primary N) is 1. The molecule has 0 amide bonds. The maximum atomic E-state index is 6.23. The summed E-state index contributed by atoms with van der Waals surface area (Å²) in [5.74, 6) is 0. The molecular weight excluding hydrogens is 284 g/mol. The van der Waals surface area contributed by atoms with Gasteiger partial charge in [0.1, 0.15) is 5.69 Å². The SMILES string of the molecule is NCc1nnn(Cc2ccccc2Cl)c1-c1ccccc1. The lowest BCUT2D eigenvalue weighted by atomic mass is 10.1. The van der Waals surface area contributed by atoms with Crippen LogP contribution < -0.4 is 5.73 Å². The zero-order valence-electron chi connectivity index (χ0n) is 11.4. The molecule has 2 N–H and O–H groups in total. The van der Waals surface area contributed by atoms with E-state index in [1.807, 2.05) is 59.3 Å². The first-order valence-corrected chi connectivity index (χ1v) is 7.08. The minimum absolute atomic E-state index is 0.354. The van der Waals surface area contributed by atoms with Gasteiger partial charge in [-0.25, -0.2) is 4.68 Å². The van der Waals surface area contributed by atoms with Gasteiger partial charge in [-0.2, -0.15) is 0 Å². The summed E-state index contributed by atoms with van der Waals surface area (Å²) in [5, 5.41) is 9.13. The van der Waals surface area contributed by atoms with Gasteiger partial charge in [-0.15, -0.1) is 5.10 Å². The molecule has 1 aromatic heterocycles. The highest BCUT2D eigenvalue weighted by Gasteiger charge is 2.14. The third-order valence-electron chi connectivity index (χ3n) is 3.32. The van der Waals surface area contributed by atoms with Crippen molar-refractivity contribution in [2.45, 2.75) is 13.1 Å². The number of benzene rings is 2. The molecule has 0 bridgehead atoms. The zero-order chi connectivity index (χ0) is 14.7. The van der Waals surface area contributed by atoms with Crippen LogP contribution in [0.1, 0.15) is 11.3 Å². The average molecular weight is 299 g/mol. The molecular formula is C16H15ClN4. The molecule has 0 aliphatic carbocycles. The molecule has 0 unspecified atom stereocenters. The van der Waals surface area contributed by atoms with Crippen molar-refractivity contribution in [2.24, 2.45) is 5.73 Å². The number of nitrogens with zero attached hydrogens (tertiary/aromatic N) is 3. The summed E-state index contributed by atoms with van der Waals surface area (Å²) in [4.78, 5) is 0. The predicted molar refractivity (Wildman–Crippen MR) is 83.9 cm³/mol. The third kappa shape index (κ3) is 2.82. The molecule has 106 valence electrons. The molecule has 5 heteroatoms. The maximum absolute atomic E-state index is 6.23. The second-order valence-corrected chi connectivity index (χ2v) is 5.11. The van der Waals surface area contributed by atoms with Gasteiger partial charge in [0.05, 0.1) is 12.2 Å². The van der Waals surface area contributed by atoms with Crippen LogP contribution in [0.4, 0.5) is 0 Å². The van der Waals surface area contributed by atoms with E-state index in [2.05, 4.69) is 10.3 Å². The van der Waals surface area contributed by atoms with Gasteiger partial charge in [-0.3, -0.25) is 0 Å². The second kappa shape index (κ2) is 6.08. The predicted octanol–water partition coefficient (Wildman–Crippen LogP) is 3.11. The molecule has 0 aliphatic heterocycles. The minimum Gasteiger partial charge on any atom is -0.325 e. The smallest absolute Gasteiger partial charge is 0.104 e. The van der Waals surface area contributed by atoms with Crippen LogP contribution in [-0.4, -0.2) is 15.0 Å². The van der Waals surface area contributed by atoms with Gasteiger partial charge in [0.2, 0.25) is 0 Å². The molecule has 0 spiro atoms. The molecule has 0 radical (unpaired) electrons. The largest absolute Gasteiger partial charge is 0.325 e. The summed E-state index contributed by atoms with van der Waals surface area (Å²) in [7, 11) is 0. The molecule has 0 atom stereocenters. The quantitative estimate of drug-likeness (QED) is 0.805. The number of hydrogen-bond donors (Lipinski definition) is 1. The Morgan fingerprint density at radius 1 is 1.00 bits per heavy atom. The van der Waals surface area contributed by atoms with Crippen LogP contribution in [0.15, 0.2) is 54.6 Å².